The van der Waals surface area contributed by atoms with Crippen molar-refractivity contribution in [3.63, 3.8) is 0 Å². The second-order valence-electron chi connectivity index (χ2n) is 5.86. The van der Waals surface area contributed by atoms with Gasteiger partial charge in [-0.25, -0.2) is 4.79 Å². The molecule has 2 aromatic carbocycles. The van der Waals surface area contributed by atoms with E-state index >= 15 is 0 Å². The minimum atomic E-state index is -0.646. The van der Waals surface area contributed by atoms with Gasteiger partial charge >= 0.3 is 5.97 Å². The first-order chi connectivity index (χ1) is 12.5. The molecule has 0 aliphatic carbocycles. The Labute approximate surface area is 158 Å². The summed E-state index contributed by atoms with van der Waals surface area (Å²) in [5, 5.41) is 3.09. The maximum absolute atomic E-state index is 11.9. The van der Waals surface area contributed by atoms with Crippen molar-refractivity contribution in [1.82, 2.24) is 0 Å². The van der Waals surface area contributed by atoms with Gasteiger partial charge in [-0.05, 0) is 42.2 Å². The van der Waals surface area contributed by atoms with E-state index in [0.717, 1.165) is 6.42 Å². The van der Waals surface area contributed by atoms with Crippen LogP contribution in [0.5, 0.6) is 5.75 Å². The maximum atomic E-state index is 11.9. The number of benzene rings is 2. The Bertz CT molecular complexity index is 746. The Balaban J connectivity index is 1.74. The molecule has 2 rings (SSSR count). The molecule has 0 saturated heterocycles. The Morgan fingerprint density at radius 3 is 2.42 bits per heavy atom. The van der Waals surface area contributed by atoms with Crippen molar-refractivity contribution in [2.24, 2.45) is 0 Å². The van der Waals surface area contributed by atoms with Gasteiger partial charge in [0, 0.05) is 5.69 Å². The molecule has 26 heavy (non-hydrogen) atoms. The molecule has 2 aromatic rings. The van der Waals surface area contributed by atoms with Crippen molar-refractivity contribution in [1.29, 1.82) is 0 Å². The molecule has 6 heteroatoms. The third-order valence-electron chi connectivity index (χ3n) is 3.92. The second kappa shape index (κ2) is 9.82. The molecular weight excluding hydrogens is 354 g/mol. The van der Waals surface area contributed by atoms with Gasteiger partial charge in [0.05, 0.1) is 5.02 Å². The van der Waals surface area contributed by atoms with Crippen LogP contribution in [0.2, 0.25) is 5.02 Å². The summed E-state index contributed by atoms with van der Waals surface area (Å²) in [5.74, 6) is -0.199. The summed E-state index contributed by atoms with van der Waals surface area (Å²) in [7, 11) is 0. The molecule has 1 atom stereocenters. The van der Waals surface area contributed by atoms with Crippen molar-refractivity contribution >= 4 is 29.2 Å². The average Bonchev–Trinajstić information content (AvgIpc) is 2.65. The normalized spacial score (nSPS) is 11.5. The number of esters is 1. The first-order valence-electron chi connectivity index (χ1n) is 8.42. The van der Waals surface area contributed by atoms with Crippen LogP contribution in [0.4, 0.5) is 5.69 Å². The number of anilines is 1. The van der Waals surface area contributed by atoms with E-state index in [1.807, 2.05) is 24.3 Å². The van der Waals surface area contributed by atoms with Crippen molar-refractivity contribution < 1.29 is 19.1 Å². The zero-order chi connectivity index (χ0) is 18.9. The van der Waals surface area contributed by atoms with Gasteiger partial charge in [0.1, 0.15) is 5.75 Å². The summed E-state index contributed by atoms with van der Waals surface area (Å²) in [6.45, 7) is 3.58. The highest BCUT2D eigenvalue weighted by Crippen LogP contribution is 2.23. The lowest BCUT2D eigenvalue weighted by Gasteiger charge is -2.11. The van der Waals surface area contributed by atoms with Crippen LogP contribution in [-0.4, -0.2) is 25.1 Å². The average molecular weight is 376 g/mol. The standard InChI is InChI=1S/C20H22ClNO4/c1-3-14(2)15-8-10-16(11-9-15)22-19(23)12-26-20(24)13-25-18-7-5-4-6-17(18)21/h4-11,14H,3,12-13H2,1-2H3,(H,22,23)/t14-/m0/s1. The van der Waals surface area contributed by atoms with Gasteiger partial charge < -0.3 is 14.8 Å². The predicted octanol–water partition coefficient (Wildman–Crippen LogP) is 4.41. The van der Waals surface area contributed by atoms with Crippen LogP contribution >= 0.6 is 11.6 Å². The number of carbonyl (C=O) groups excluding carboxylic acids is 2. The molecule has 0 aliphatic rings. The summed E-state index contributed by atoms with van der Waals surface area (Å²) in [4.78, 5) is 23.5. The minimum absolute atomic E-state index is 0.319. The molecule has 1 amide bonds. The van der Waals surface area contributed by atoms with Crippen LogP contribution in [0, 0.1) is 0 Å². The third kappa shape index (κ3) is 6.08. The number of carbonyl (C=O) groups is 2. The minimum Gasteiger partial charge on any atom is -0.480 e. The van der Waals surface area contributed by atoms with E-state index in [1.54, 1.807) is 24.3 Å². The molecule has 0 aromatic heterocycles. The van der Waals surface area contributed by atoms with E-state index in [1.165, 1.54) is 5.56 Å². The zero-order valence-corrected chi connectivity index (χ0v) is 15.6. The number of hydrogen-bond donors (Lipinski definition) is 1. The van der Waals surface area contributed by atoms with E-state index in [4.69, 9.17) is 21.1 Å². The highest BCUT2D eigenvalue weighted by molar-refractivity contribution is 6.32. The Kier molecular flexibility index (Phi) is 7.48. The molecule has 0 bridgehead atoms. The molecule has 0 saturated carbocycles. The van der Waals surface area contributed by atoms with E-state index < -0.39 is 11.9 Å². The fourth-order valence-electron chi connectivity index (χ4n) is 2.21. The summed E-state index contributed by atoms with van der Waals surface area (Å²) in [5.41, 5.74) is 1.87. The lowest BCUT2D eigenvalue weighted by Crippen LogP contribution is -2.23. The predicted molar refractivity (Wildman–Crippen MR) is 102 cm³/mol. The number of para-hydroxylation sites is 1. The highest BCUT2D eigenvalue weighted by atomic mass is 35.5. The van der Waals surface area contributed by atoms with E-state index in [0.29, 0.717) is 22.4 Å². The van der Waals surface area contributed by atoms with Crippen LogP contribution in [0.15, 0.2) is 48.5 Å². The number of halogens is 1. The van der Waals surface area contributed by atoms with Gasteiger partial charge in [-0.15, -0.1) is 0 Å². The van der Waals surface area contributed by atoms with Gasteiger partial charge in [0.25, 0.3) is 5.91 Å². The fraction of sp³-hybridized carbons (Fsp3) is 0.300. The highest BCUT2D eigenvalue weighted by Gasteiger charge is 2.10. The van der Waals surface area contributed by atoms with Crippen LogP contribution in [0.3, 0.4) is 0 Å². The summed E-state index contributed by atoms with van der Waals surface area (Å²) < 4.78 is 10.2. The second-order valence-corrected chi connectivity index (χ2v) is 6.27. The van der Waals surface area contributed by atoms with Crippen LogP contribution in [-0.2, 0) is 14.3 Å². The Morgan fingerprint density at radius 2 is 1.77 bits per heavy atom. The zero-order valence-electron chi connectivity index (χ0n) is 14.8. The molecular formula is C20H22ClNO4. The molecule has 138 valence electrons. The van der Waals surface area contributed by atoms with Crippen molar-refractivity contribution in [2.45, 2.75) is 26.2 Å². The molecule has 0 fully saturated rings. The summed E-state index contributed by atoms with van der Waals surface area (Å²) in [6, 6.07) is 14.4. The largest absolute Gasteiger partial charge is 0.480 e. The van der Waals surface area contributed by atoms with Crippen LogP contribution < -0.4 is 10.1 Å². The molecule has 0 aliphatic heterocycles. The van der Waals surface area contributed by atoms with Crippen molar-refractivity contribution in [3.05, 3.63) is 59.1 Å². The summed E-state index contributed by atoms with van der Waals surface area (Å²) >= 11 is 5.92. The molecule has 5 nitrogen and oxygen atoms in total. The smallest absolute Gasteiger partial charge is 0.344 e. The SMILES string of the molecule is CC[C@H](C)c1ccc(NC(=O)COC(=O)COc2ccccc2Cl)cc1. The third-order valence-corrected chi connectivity index (χ3v) is 4.23. The van der Waals surface area contributed by atoms with E-state index in [9.17, 15) is 9.59 Å². The van der Waals surface area contributed by atoms with Gasteiger partial charge in [0.2, 0.25) is 0 Å². The van der Waals surface area contributed by atoms with Gasteiger partial charge in [0.15, 0.2) is 13.2 Å². The number of hydrogen-bond acceptors (Lipinski definition) is 4. The number of rotatable bonds is 8. The first-order valence-corrected chi connectivity index (χ1v) is 8.80. The lowest BCUT2D eigenvalue weighted by molar-refractivity contribution is -0.149. The van der Waals surface area contributed by atoms with Crippen LogP contribution in [0.25, 0.3) is 0 Å². The Hall–Kier alpha value is -2.53. The van der Waals surface area contributed by atoms with E-state index in [-0.39, 0.29) is 13.2 Å². The number of amides is 1. The quantitative estimate of drug-likeness (QED) is 0.694. The summed E-state index contributed by atoms with van der Waals surface area (Å²) in [6.07, 6.45) is 1.05. The van der Waals surface area contributed by atoms with Crippen molar-refractivity contribution in [2.75, 3.05) is 18.5 Å². The van der Waals surface area contributed by atoms with E-state index in [2.05, 4.69) is 19.2 Å². The van der Waals surface area contributed by atoms with Gasteiger partial charge in [-0.1, -0.05) is 49.7 Å². The molecule has 0 radical (unpaired) electrons. The topological polar surface area (TPSA) is 64.6 Å². The number of ether oxygens (including phenoxy) is 2. The first kappa shape index (κ1) is 19.8. The van der Waals surface area contributed by atoms with Crippen LogP contribution in [0.1, 0.15) is 31.7 Å². The fourth-order valence-corrected chi connectivity index (χ4v) is 2.40. The van der Waals surface area contributed by atoms with Gasteiger partial charge in [-0.3, -0.25) is 4.79 Å². The molecule has 0 heterocycles. The number of nitrogens with one attached hydrogen (secondary N) is 1. The molecule has 1 N–H and O–H groups in total. The van der Waals surface area contributed by atoms with Gasteiger partial charge in [-0.2, -0.15) is 0 Å². The Morgan fingerprint density at radius 1 is 1.08 bits per heavy atom. The lowest BCUT2D eigenvalue weighted by atomic mass is 9.99. The molecule has 0 unspecified atom stereocenters. The monoisotopic (exact) mass is 375 g/mol. The van der Waals surface area contributed by atoms with Crippen molar-refractivity contribution in [3.8, 4) is 5.75 Å². The molecule has 0 spiro atoms. The maximum Gasteiger partial charge on any atom is 0.344 e.